The predicted octanol–water partition coefficient (Wildman–Crippen LogP) is 4.31. The normalized spacial score (nSPS) is 12.2. The highest BCUT2D eigenvalue weighted by molar-refractivity contribution is 5.76. The van der Waals surface area contributed by atoms with Gasteiger partial charge in [0.05, 0.1) is 5.69 Å². The van der Waals surface area contributed by atoms with E-state index in [0.717, 1.165) is 11.4 Å². The van der Waals surface area contributed by atoms with E-state index >= 15 is 0 Å². The Hall–Kier alpha value is -2.88. The average molecular weight is 376 g/mol. The van der Waals surface area contributed by atoms with Crippen LogP contribution in [0.1, 0.15) is 47.3 Å². The van der Waals surface area contributed by atoms with Gasteiger partial charge < -0.3 is 5.32 Å². The van der Waals surface area contributed by atoms with Crippen LogP contribution in [0, 0.1) is 13.8 Å². The molecule has 2 aromatic carbocycles. The van der Waals surface area contributed by atoms with Crippen LogP contribution in [0.5, 0.6) is 0 Å². The largest absolute Gasteiger partial charge is 0.353 e. The maximum absolute atomic E-state index is 12.7. The van der Waals surface area contributed by atoms with Gasteiger partial charge in [-0.2, -0.15) is 5.10 Å². The van der Waals surface area contributed by atoms with E-state index in [0.29, 0.717) is 12.8 Å². The minimum atomic E-state index is -0.00612. The van der Waals surface area contributed by atoms with Gasteiger partial charge in [-0.25, -0.2) is 0 Å². The van der Waals surface area contributed by atoms with Crippen molar-refractivity contribution in [2.24, 2.45) is 7.05 Å². The number of aromatic nitrogens is 2. The van der Waals surface area contributed by atoms with Crippen molar-refractivity contribution < 1.29 is 4.79 Å². The second-order valence-corrected chi connectivity index (χ2v) is 7.43. The molecule has 146 valence electrons. The third kappa shape index (κ3) is 4.50. The fourth-order valence-corrected chi connectivity index (χ4v) is 3.92. The number of carbonyl (C=O) groups excluding carboxylic acids is 1. The molecule has 0 aliphatic heterocycles. The van der Waals surface area contributed by atoms with Crippen LogP contribution in [-0.4, -0.2) is 21.7 Å². The summed E-state index contributed by atoms with van der Waals surface area (Å²) in [4.78, 5) is 12.7. The van der Waals surface area contributed by atoms with Crippen molar-refractivity contribution in [3.63, 3.8) is 0 Å². The number of rotatable bonds is 7. The molecule has 1 atom stereocenters. The molecule has 28 heavy (non-hydrogen) atoms. The van der Waals surface area contributed by atoms with Crippen molar-refractivity contribution in [1.29, 1.82) is 0 Å². The molecule has 0 radical (unpaired) electrons. The smallest absolute Gasteiger partial charge is 0.220 e. The summed E-state index contributed by atoms with van der Waals surface area (Å²) in [6, 6.07) is 20.7. The third-order valence-corrected chi connectivity index (χ3v) is 5.47. The minimum absolute atomic E-state index is 0.00612. The predicted molar refractivity (Wildman–Crippen MR) is 113 cm³/mol. The summed E-state index contributed by atoms with van der Waals surface area (Å²) < 4.78 is 1.88. The molecular weight excluding hydrogens is 346 g/mol. The lowest BCUT2D eigenvalue weighted by Gasteiger charge is -2.26. The Morgan fingerprint density at radius 2 is 1.54 bits per heavy atom. The zero-order valence-corrected chi connectivity index (χ0v) is 17.1. The maximum atomic E-state index is 12.7. The van der Waals surface area contributed by atoms with Gasteiger partial charge in [0.25, 0.3) is 0 Å². The number of aryl methyl sites for hydroxylation is 2. The lowest BCUT2D eigenvalue weighted by Crippen LogP contribution is -2.37. The molecule has 4 nitrogen and oxygen atoms in total. The van der Waals surface area contributed by atoms with Crippen molar-refractivity contribution in [2.45, 2.75) is 45.6 Å². The second kappa shape index (κ2) is 8.87. The number of nitrogens with zero attached hydrogens (tertiary/aromatic N) is 2. The SMILES string of the molecule is Cc1nn(C)c(C)c1CCC(=O)NC(C)C(c1ccccc1)c1ccccc1. The van der Waals surface area contributed by atoms with Crippen molar-refractivity contribution in [3.8, 4) is 0 Å². The Bertz CT molecular complexity index is 876. The van der Waals surface area contributed by atoms with Gasteiger partial charge in [-0.3, -0.25) is 9.48 Å². The molecule has 3 rings (SSSR count). The lowest BCUT2D eigenvalue weighted by molar-refractivity contribution is -0.121. The van der Waals surface area contributed by atoms with E-state index in [1.54, 1.807) is 0 Å². The third-order valence-electron chi connectivity index (χ3n) is 5.47. The number of carbonyl (C=O) groups is 1. The highest BCUT2D eigenvalue weighted by Gasteiger charge is 2.23. The Kier molecular flexibility index (Phi) is 6.30. The Balaban J connectivity index is 1.71. The summed E-state index contributed by atoms with van der Waals surface area (Å²) in [6.07, 6.45) is 1.18. The molecule has 1 amide bonds. The van der Waals surface area contributed by atoms with Crippen LogP contribution < -0.4 is 5.32 Å². The summed E-state index contributed by atoms with van der Waals surface area (Å²) in [5.41, 5.74) is 5.73. The van der Waals surface area contributed by atoms with Crippen molar-refractivity contribution in [2.75, 3.05) is 0 Å². The summed E-state index contributed by atoms with van der Waals surface area (Å²) in [5, 5.41) is 7.67. The van der Waals surface area contributed by atoms with Crippen LogP contribution >= 0.6 is 0 Å². The van der Waals surface area contributed by atoms with Gasteiger partial charge >= 0.3 is 0 Å². The van der Waals surface area contributed by atoms with Crippen LogP contribution in [0.4, 0.5) is 0 Å². The first kappa shape index (κ1) is 19.9. The van der Waals surface area contributed by atoms with E-state index in [1.165, 1.54) is 16.7 Å². The summed E-state index contributed by atoms with van der Waals surface area (Å²) in [7, 11) is 1.94. The number of hydrogen-bond donors (Lipinski definition) is 1. The molecule has 1 N–H and O–H groups in total. The first-order valence-corrected chi connectivity index (χ1v) is 9.85. The fourth-order valence-electron chi connectivity index (χ4n) is 3.92. The van der Waals surface area contributed by atoms with Crippen LogP contribution in [0.25, 0.3) is 0 Å². The van der Waals surface area contributed by atoms with Gasteiger partial charge in [0, 0.05) is 31.1 Å². The summed E-state index contributed by atoms with van der Waals surface area (Å²) in [6.45, 7) is 6.14. The van der Waals surface area contributed by atoms with Crippen LogP contribution in [0.15, 0.2) is 60.7 Å². The molecule has 1 heterocycles. The number of amides is 1. The van der Waals surface area contributed by atoms with Crippen molar-refractivity contribution >= 4 is 5.91 Å². The summed E-state index contributed by atoms with van der Waals surface area (Å²) in [5.74, 6) is 0.195. The molecule has 1 aromatic heterocycles. The van der Waals surface area contributed by atoms with Gasteiger partial charge in [-0.05, 0) is 43.9 Å². The van der Waals surface area contributed by atoms with Crippen LogP contribution in [-0.2, 0) is 18.3 Å². The van der Waals surface area contributed by atoms with Crippen LogP contribution in [0.2, 0.25) is 0 Å². The Morgan fingerprint density at radius 1 is 1.00 bits per heavy atom. The van der Waals surface area contributed by atoms with E-state index < -0.39 is 0 Å². The molecule has 0 spiro atoms. The molecule has 0 saturated carbocycles. The van der Waals surface area contributed by atoms with Crippen LogP contribution in [0.3, 0.4) is 0 Å². The topological polar surface area (TPSA) is 46.9 Å². The molecule has 0 fully saturated rings. The quantitative estimate of drug-likeness (QED) is 0.669. The maximum Gasteiger partial charge on any atom is 0.220 e. The van der Waals surface area contributed by atoms with Gasteiger partial charge in [0.1, 0.15) is 0 Å². The zero-order valence-electron chi connectivity index (χ0n) is 17.1. The van der Waals surface area contributed by atoms with E-state index in [1.807, 2.05) is 55.1 Å². The molecular formula is C24H29N3O. The Labute approximate surface area is 167 Å². The molecule has 1 unspecified atom stereocenters. The molecule has 0 saturated heterocycles. The monoisotopic (exact) mass is 375 g/mol. The lowest BCUT2D eigenvalue weighted by atomic mass is 9.85. The highest BCUT2D eigenvalue weighted by atomic mass is 16.1. The number of benzene rings is 2. The standard InChI is InChI=1S/C24H29N3O/c1-17-22(19(3)27(4)26-17)15-16-23(28)25-18(2)24(20-11-7-5-8-12-20)21-13-9-6-10-14-21/h5-14,18,24H,15-16H2,1-4H3,(H,25,28). The van der Waals surface area contributed by atoms with Gasteiger partial charge in [0.2, 0.25) is 5.91 Å². The van der Waals surface area contributed by atoms with E-state index in [2.05, 4.69) is 48.5 Å². The van der Waals surface area contributed by atoms with E-state index in [4.69, 9.17) is 0 Å². The fraction of sp³-hybridized carbons (Fsp3) is 0.333. The molecule has 0 aliphatic carbocycles. The van der Waals surface area contributed by atoms with E-state index in [-0.39, 0.29) is 17.9 Å². The Morgan fingerprint density at radius 3 is 2.00 bits per heavy atom. The highest BCUT2D eigenvalue weighted by Crippen LogP contribution is 2.28. The minimum Gasteiger partial charge on any atom is -0.353 e. The second-order valence-electron chi connectivity index (χ2n) is 7.43. The van der Waals surface area contributed by atoms with E-state index in [9.17, 15) is 4.79 Å². The molecule has 0 aliphatic rings. The summed E-state index contributed by atoms with van der Waals surface area (Å²) >= 11 is 0. The molecule has 0 bridgehead atoms. The number of hydrogen-bond acceptors (Lipinski definition) is 2. The first-order valence-electron chi connectivity index (χ1n) is 9.85. The van der Waals surface area contributed by atoms with Gasteiger partial charge in [0.15, 0.2) is 0 Å². The zero-order chi connectivity index (χ0) is 20.1. The molecule has 3 aromatic rings. The van der Waals surface area contributed by atoms with Crippen molar-refractivity contribution in [1.82, 2.24) is 15.1 Å². The first-order chi connectivity index (χ1) is 13.5. The average Bonchev–Trinajstić information content (AvgIpc) is 2.93. The van der Waals surface area contributed by atoms with Crippen molar-refractivity contribution in [3.05, 3.63) is 88.7 Å². The molecule has 4 heteroatoms. The van der Waals surface area contributed by atoms with Gasteiger partial charge in [-0.15, -0.1) is 0 Å². The van der Waals surface area contributed by atoms with Gasteiger partial charge in [-0.1, -0.05) is 60.7 Å². The number of nitrogens with one attached hydrogen (secondary N) is 1.